The Morgan fingerprint density at radius 3 is 2.43 bits per heavy atom. The second-order valence-corrected chi connectivity index (χ2v) is 3.42. The normalized spacial score (nSPS) is 11.8. The van der Waals surface area contributed by atoms with Gasteiger partial charge in [-0.15, -0.1) is 0 Å². The summed E-state index contributed by atoms with van der Waals surface area (Å²) in [5.41, 5.74) is 6.43. The summed E-state index contributed by atoms with van der Waals surface area (Å²) in [4.78, 5) is 11.2. The number of nitrogens with two attached hydrogens (primary N) is 1. The molecule has 0 saturated carbocycles. The molecule has 1 aromatic rings. The maximum absolute atomic E-state index is 10.9. The van der Waals surface area contributed by atoms with Crippen molar-refractivity contribution >= 4 is 23.1 Å². The number of carbonyl (C=O) groups is 1. The van der Waals surface area contributed by atoms with Crippen LogP contribution in [0.15, 0.2) is 30.3 Å². The van der Waals surface area contributed by atoms with Gasteiger partial charge in [0.25, 0.3) is 0 Å². The molecular weight excluding hydrogens is 196 g/mol. The Morgan fingerprint density at radius 1 is 1.43 bits per heavy atom. The average Bonchev–Trinajstić information content (AvgIpc) is 2.15. The van der Waals surface area contributed by atoms with E-state index in [9.17, 15) is 4.79 Å². The van der Waals surface area contributed by atoms with E-state index in [1.54, 1.807) is 0 Å². The van der Waals surface area contributed by atoms with Crippen LogP contribution < -0.4 is 11.1 Å². The first kappa shape index (κ1) is 10.7. The highest BCUT2D eigenvalue weighted by Crippen LogP contribution is 2.12. The number of rotatable bonds is 3. The zero-order chi connectivity index (χ0) is 10.6. The van der Waals surface area contributed by atoms with E-state index >= 15 is 0 Å². The topological polar surface area (TPSA) is 55.1 Å². The lowest BCUT2D eigenvalue weighted by molar-refractivity contribution is -0.119. The van der Waals surface area contributed by atoms with Crippen LogP contribution in [0.3, 0.4) is 0 Å². The summed E-state index contributed by atoms with van der Waals surface area (Å²) >= 11 is 4.88. The van der Waals surface area contributed by atoms with E-state index in [-0.39, 0.29) is 16.9 Å². The zero-order valence-electron chi connectivity index (χ0n) is 7.86. The van der Waals surface area contributed by atoms with Crippen LogP contribution in [-0.2, 0) is 4.79 Å². The largest absolute Gasteiger partial charge is 0.391 e. The average molecular weight is 208 g/mol. The Labute approximate surface area is 88.3 Å². The summed E-state index contributed by atoms with van der Waals surface area (Å²) in [6.07, 6.45) is 0. The summed E-state index contributed by atoms with van der Waals surface area (Å²) in [5.74, 6) is -0.147. The summed E-state index contributed by atoms with van der Waals surface area (Å²) in [6.45, 7) is 1.44. The monoisotopic (exact) mass is 208 g/mol. The second kappa shape index (κ2) is 4.72. The van der Waals surface area contributed by atoms with Crippen LogP contribution in [0, 0.1) is 0 Å². The van der Waals surface area contributed by atoms with Gasteiger partial charge >= 0.3 is 0 Å². The first-order chi connectivity index (χ1) is 6.61. The van der Waals surface area contributed by atoms with Gasteiger partial charge in [-0.3, -0.25) is 4.79 Å². The number of nitrogens with one attached hydrogen (secondary N) is 1. The van der Waals surface area contributed by atoms with Crippen LogP contribution in [0.1, 0.15) is 18.5 Å². The molecule has 1 aromatic carbocycles. The van der Waals surface area contributed by atoms with E-state index in [4.69, 9.17) is 18.0 Å². The molecule has 0 aliphatic rings. The molecule has 0 radical (unpaired) electrons. The minimum atomic E-state index is -0.372. The lowest BCUT2D eigenvalue weighted by atomic mass is 10.1. The molecule has 3 N–H and O–H groups in total. The molecule has 14 heavy (non-hydrogen) atoms. The van der Waals surface area contributed by atoms with E-state index in [0.29, 0.717) is 0 Å². The van der Waals surface area contributed by atoms with Gasteiger partial charge in [0.05, 0.1) is 0 Å². The van der Waals surface area contributed by atoms with Crippen molar-refractivity contribution in [2.45, 2.75) is 13.0 Å². The first-order valence-corrected chi connectivity index (χ1v) is 4.63. The summed E-state index contributed by atoms with van der Waals surface area (Å²) in [7, 11) is 0. The quantitative estimate of drug-likeness (QED) is 0.733. The molecule has 1 rings (SSSR count). The molecule has 0 bridgehead atoms. The highest BCUT2D eigenvalue weighted by atomic mass is 32.1. The molecule has 0 aromatic heterocycles. The van der Waals surface area contributed by atoms with Crippen LogP contribution in [0.25, 0.3) is 0 Å². The fourth-order valence-electron chi connectivity index (χ4n) is 1.17. The van der Waals surface area contributed by atoms with Crippen molar-refractivity contribution in [1.82, 2.24) is 5.32 Å². The van der Waals surface area contributed by atoms with Gasteiger partial charge < -0.3 is 11.1 Å². The molecule has 0 heterocycles. The predicted molar refractivity (Wildman–Crippen MR) is 59.8 cm³/mol. The molecule has 0 aliphatic carbocycles. The number of amides is 1. The molecule has 1 unspecified atom stereocenters. The van der Waals surface area contributed by atoms with E-state index in [1.807, 2.05) is 30.3 Å². The number of hydrogen-bond acceptors (Lipinski definition) is 2. The third kappa shape index (κ3) is 2.81. The maximum Gasteiger partial charge on any atom is 0.217 e. The first-order valence-electron chi connectivity index (χ1n) is 4.22. The highest BCUT2D eigenvalue weighted by molar-refractivity contribution is 7.80. The SMILES string of the molecule is CC(=O)NC(C(N)=S)c1ccccc1. The zero-order valence-corrected chi connectivity index (χ0v) is 8.67. The van der Waals surface area contributed by atoms with Crippen molar-refractivity contribution < 1.29 is 4.79 Å². The van der Waals surface area contributed by atoms with E-state index in [1.165, 1.54) is 6.92 Å². The smallest absolute Gasteiger partial charge is 0.217 e. The molecule has 0 aliphatic heterocycles. The summed E-state index contributed by atoms with van der Waals surface area (Å²) in [5, 5.41) is 2.69. The van der Waals surface area contributed by atoms with E-state index in [2.05, 4.69) is 5.32 Å². The number of benzene rings is 1. The van der Waals surface area contributed by atoms with Gasteiger partial charge in [0.1, 0.15) is 11.0 Å². The molecule has 0 spiro atoms. The van der Waals surface area contributed by atoms with Gasteiger partial charge in [-0.2, -0.15) is 0 Å². The Kier molecular flexibility index (Phi) is 3.59. The van der Waals surface area contributed by atoms with Crippen molar-refractivity contribution in [3.8, 4) is 0 Å². The van der Waals surface area contributed by atoms with Crippen LogP contribution in [0.4, 0.5) is 0 Å². The third-order valence-electron chi connectivity index (χ3n) is 1.77. The van der Waals surface area contributed by atoms with Crippen molar-refractivity contribution in [2.24, 2.45) is 5.73 Å². The predicted octanol–water partition coefficient (Wildman–Crippen LogP) is 1.15. The molecular formula is C10H12N2OS. The van der Waals surface area contributed by atoms with Gasteiger partial charge in [-0.25, -0.2) is 0 Å². The standard InChI is InChI=1S/C10H12N2OS/c1-7(13)12-9(10(11)14)8-5-3-2-4-6-8/h2-6,9H,1H3,(H2,11,14)(H,12,13). The fourth-order valence-corrected chi connectivity index (χ4v) is 1.36. The lowest BCUT2D eigenvalue weighted by Crippen LogP contribution is -2.35. The van der Waals surface area contributed by atoms with Gasteiger partial charge in [0.2, 0.25) is 5.91 Å². The molecule has 3 nitrogen and oxygen atoms in total. The van der Waals surface area contributed by atoms with Crippen molar-refractivity contribution in [3.63, 3.8) is 0 Å². The molecule has 0 saturated heterocycles. The molecule has 1 amide bonds. The van der Waals surface area contributed by atoms with Crippen LogP contribution in [0.5, 0.6) is 0 Å². The van der Waals surface area contributed by atoms with E-state index in [0.717, 1.165) is 5.56 Å². The van der Waals surface area contributed by atoms with E-state index < -0.39 is 0 Å². The number of thiocarbonyl (C=S) groups is 1. The molecule has 74 valence electrons. The Balaban J connectivity index is 2.89. The maximum atomic E-state index is 10.9. The van der Waals surface area contributed by atoms with Gasteiger partial charge in [-0.1, -0.05) is 42.5 Å². The minimum absolute atomic E-state index is 0.147. The third-order valence-corrected chi connectivity index (χ3v) is 2.00. The highest BCUT2D eigenvalue weighted by Gasteiger charge is 2.14. The van der Waals surface area contributed by atoms with Crippen molar-refractivity contribution in [3.05, 3.63) is 35.9 Å². The Morgan fingerprint density at radius 2 is 2.00 bits per heavy atom. The van der Waals surface area contributed by atoms with Crippen molar-refractivity contribution in [2.75, 3.05) is 0 Å². The van der Waals surface area contributed by atoms with Crippen LogP contribution in [-0.4, -0.2) is 10.9 Å². The van der Waals surface area contributed by atoms with Gasteiger partial charge in [0.15, 0.2) is 0 Å². The Hall–Kier alpha value is -1.42. The number of hydrogen-bond donors (Lipinski definition) is 2. The lowest BCUT2D eigenvalue weighted by Gasteiger charge is -2.16. The minimum Gasteiger partial charge on any atom is -0.391 e. The second-order valence-electron chi connectivity index (χ2n) is 2.95. The summed E-state index contributed by atoms with van der Waals surface area (Å²) in [6, 6.07) is 9.03. The summed E-state index contributed by atoms with van der Waals surface area (Å²) < 4.78 is 0. The fraction of sp³-hybridized carbons (Fsp3) is 0.200. The van der Waals surface area contributed by atoms with Crippen LogP contribution >= 0.6 is 12.2 Å². The molecule has 0 fully saturated rings. The Bertz CT molecular complexity index is 337. The van der Waals surface area contributed by atoms with Crippen molar-refractivity contribution in [1.29, 1.82) is 0 Å². The van der Waals surface area contributed by atoms with Gasteiger partial charge in [-0.05, 0) is 5.56 Å². The van der Waals surface area contributed by atoms with Crippen LogP contribution in [0.2, 0.25) is 0 Å². The number of carbonyl (C=O) groups excluding carboxylic acids is 1. The molecule has 1 atom stereocenters. The van der Waals surface area contributed by atoms with Gasteiger partial charge in [0, 0.05) is 6.92 Å². The molecule has 4 heteroatoms.